The molecule has 0 amide bonds. The van der Waals surface area contributed by atoms with Crippen molar-refractivity contribution in [2.24, 2.45) is 0 Å². The van der Waals surface area contributed by atoms with Crippen LogP contribution in [-0.4, -0.2) is 16.0 Å². The van der Waals surface area contributed by atoms with E-state index in [9.17, 15) is 9.90 Å². The molecule has 0 unspecified atom stereocenters. The third-order valence-corrected chi connectivity index (χ3v) is 5.66. The van der Waals surface area contributed by atoms with E-state index in [1.807, 2.05) is 0 Å². The summed E-state index contributed by atoms with van der Waals surface area (Å²) in [5.41, 5.74) is 3.11. The summed E-state index contributed by atoms with van der Waals surface area (Å²) in [6.45, 7) is 15.0. The number of benzene rings is 1. The molecule has 0 bridgehead atoms. The van der Waals surface area contributed by atoms with Crippen molar-refractivity contribution in [1.29, 1.82) is 0 Å². The number of phenolic OH excluding ortho intramolecular Hbond substituents is 1. The average Bonchev–Trinajstić information content (AvgIpc) is 2.50. The largest absolute Gasteiger partial charge is 0.507 e. The Morgan fingerprint density at radius 3 is 1.96 bits per heavy atom. The highest BCUT2D eigenvalue weighted by Crippen LogP contribution is 2.40. The van der Waals surface area contributed by atoms with Crippen LogP contribution in [0.4, 0.5) is 0 Å². The number of thioether (sulfide) groups is 1. The zero-order chi connectivity index (χ0) is 20.0. The van der Waals surface area contributed by atoms with Gasteiger partial charge >= 0.3 is 0 Å². The summed E-state index contributed by atoms with van der Waals surface area (Å²) < 4.78 is 0. The van der Waals surface area contributed by atoms with Gasteiger partial charge in [-0.3, -0.25) is 4.79 Å². The van der Waals surface area contributed by atoms with Gasteiger partial charge in [0.25, 0.3) is 0 Å². The van der Waals surface area contributed by atoms with E-state index in [-0.39, 0.29) is 10.8 Å². The Morgan fingerprint density at radius 1 is 0.962 bits per heavy atom. The Morgan fingerprint density at radius 2 is 1.50 bits per heavy atom. The van der Waals surface area contributed by atoms with Crippen molar-refractivity contribution < 1.29 is 9.90 Å². The van der Waals surface area contributed by atoms with Gasteiger partial charge in [-0.2, -0.15) is 0 Å². The van der Waals surface area contributed by atoms with E-state index < -0.39 is 0 Å². The first-order valence-electron chi connectivity index (χ1n) is 9.99. The summed E-state index contributed by atoms with van der Waals surface area (Å²) in [6.07, 6.45) is 5.96. The van der Waals surface area contributed by atoms with Gasteiger partial charge in [-0.25, -0.2) is 0 Å². The van der Waals surface area contributed by atoms with Gasteiger partial charge < -0.3 is 5.11 Å². The van der Waals surface area contributed by atoms with E-state index >= 15 is 0 Å². The lowest BCUT2D eigenvalue weighted by atomic mass is 9.78. The van der Waals surface area contributed by atoms with Gasteiger partial charge in [-0.05, 0) is 46.8 Å². The number of hydrogen-bond acceptors (Lipinski definition) is 3. The molecule has 0 atom stereocenters. The predicted octanol–water partition coefficient (Wildman–Crippen LogP) is 6.76. The number of hydrogen-bond donors (Lipinski definition) is 1. The van der Waals surface area contributed by atoms with Crippen LogP contribution >= 0.6 is 11.8 Å². The Balaban J connectivity index is 2.76. The molecule has 1 N–H and O–H groups in total. The molecule has 0 heterocycles. The van der Waals surface area contributed by atoms with Gasteiger partial charge in [-0.1, -0.05) is 85.2 Å². The molecule has 0 saturated carbocycles. The molecule has 0 fully saturated rings. The molecule has 0 saturated heterocycles. The molecule has 2 nitrogen and oxygen atoms in total. The highest BCUT2D eigenvalue weighted by molar-refractivity contribution is 8.13. The van der Waals surface area contributed by atoms with Gasteiger partial charge in [0.1, 0.15) is 5.75 Å². The van der Waals surface area contributed by atoms with Crippen LogP contribution in [0.5, 0.6) is 5.75 Å². The molecule has 1 rings (SSSR count). The molecule has 0 aliphatic carbocycles. The van der Waals surface area contributed by atoms with Gasteiger partial charge in [0.05, 0.1) is 0 Å². The van der Waals surface area contributed by atoms with Gasteiger partial charge in [-0.15, -0.1) is 0 Å². The number of carbonyl (C=O) groups excluding carboxylic acids is 1. The number of aryl methyl sites for hydroxylation is 1. The molecule has 3 heteroatoms. The summed E-state index contributed by atoms with van der Waals surface area (Å²) in [7, 11) is 0. The molecule has 0 spiro atoms. The summed E-state index contributed by atoms with van der Waals surface area (Å²) in [5.74, 6) is 1.32. The molecule has 26 heavy (non-hydrogen) atoms. The van der Waals surface area contributed by atoms with Gasteiger partial charge in [0.2, 0.25) is 0 Å². The monoisotopic (exact) mass is 378 g/mol. The van der Waals surface area contributed by atoms with Crippen LogP contribution in [0.15, 0.2) is 12.1 Å². The van der Waals surface area contributed by atoms with Crippen LogP contribution in [0.2, 0.25) is 0 Å². The summed E-state index contributed by atoms with van der Waals surface area (Å²) in [6, 6.07) is 4.30. The molecular weight excluding hydrogens is 340 g/mol. The van der Waals surface area contributed by atoms with Crippen LogP contribution in [-0.2, 0) is 22.0 Å². The van der Waals surface area contributed by atoms with E-state index in [1.165, 1.54) is 17.3 Å². The van der Waals surface area contributed by atoms with Crippen LogP contribution in [0.1, 0.15) is 97.3 Å². The van der Waals surface area contributed by atoms with E-state index in [2.05, 4.69) is 60.6 Å². The Hall–Kier alpha value is -0.960. The summed E-state index contributed by atoms with van der Waals surface area (Å²) >= 11 is 1.48. The van der Waals surface area contributed by atoms with Crippen LogP contribution < -0.4 is 0 Å². The lowest BCUT2D eigenvalue weighted by Gasteiger charge is -2.28. The van der Waals surface area contributed by atoms with Crippen LogP contribution in [0.3, 0.4) is 0 Å². The average molecular weight is 379 g/mol. The molecule has 0 aliphatic heterocycles. The van der Waals surface area contributed by atoms with Crippen molar-refractivity contribution in [3.63, 3.8) is 0 Å². The number of unbranched alkanes of at least 4 members (excludes halogenated alkanes) is 2. The molecular formula is C23H38O2S. The standard InChI is InChI=1S/C23H38O2S/c1-8-9-10-13-20(24)26-14-11-12-17-15-18(22(2,3)4)21(25)19(16-17)23(5,6)7/h15-16,25H,8-14H2,1-7H3. The molecule has 0 aromatic heterocycles. The molecule has 1 aromatic carbocycles. The zero-order valence-electron chi connectivity index (χ0n) is 17.9. The van der Waals surface area contributed by atoms with Crippen molar-refractivity contribution in [1.82, 2.24) is 0 Å². The second-order valence-electron chi connectivity index (χ2n) is 9.32. The summed E-state index contributed by atoms with van der Waals surface area (Å²) in [5, 5.41) is 11.1. The number of phenols is 1. The maximum Gasteiger partial charge on any atom is 0.188 e. The van der Waals surface area contributed by atoms with Gasteiger partial charge in [0.15, 0.2) is 5.12 Å². The van der Waals surface area contributed by atoms with E-state index in [0.29, 0.717) is 17.3 Å². The molecule has 148 valence electrons. The van der Waals surface area contributed by atoms with Crippen molar-refractivity contribution in [2.75, 3.05) is 5.75 Å². The minimum absolute atomic E-state index is 0.0932. The topological polar surface area (TPSA) is 37.3 Å². The van der Waals surface area contributed by atoms with Crippen molar-refractivity contribution >= 4 is 16.9 Å². The normalized spacial score (nSPS) is 12.4. The Labute approximate surface area is 165 Å². The lowest BCUT2D eigenvalue weighted by Crippen LogP contribution is -2.18. The number of carbonyl (C=O) groups is 1. The first-order valence-corrected chi connectivity index (χ1v) is 11.0. The Kier molecular flexibility index (Phi) is 8.72. The smallest absolute Gasteiger partial charge is 0.188 e. The highest BCUT2D eigenvalue weighted by atomic mass is 32.2. The van der Waals surface area contributed by atoms with Crippen molar-refractivity contribution in [3.05, 3.63) is 28.8 Å². The van der Waals surface area contributed by atoms with E-state index in [4.69, 9.17) is 0 Å². The zero-order valence-corrected chi connectivity index (χ0v) is 18.7. The second-order valence-corrected chi connectivity index (χ2v) is 10.5. The third-order valence-electron chi connectivity index (χ3n) is 4.64. The lowest BCUT2D eigenvalue weighted by molar-refractivity contribution is -0.111. The van der Waals surface area contributed by atoms with E-state index in [0.717, 1.165) is 49.0 Å². The molecule has 1 aromatic rings. The van der Waals surface area contributed by atoms with Crippen LogP contribution in [0, 0.1) is 0 Å². The number of aromatic hydroxyl groups is 1. The predicted molar refractivity (Wildman–Crippen MR) is 115 cm³/mol. The highest BCUT2D eigenvalue weighted by Gasteiger charge is 2.26. The summed E-state index contributed by atoms with van der Waals surface area (Å²) in [4.78, 5) is 11.9. The van der Waals surface area contributed by atoms with E-state index in [1.54, 1.807) is 0 Å². The van der Waals surface area contributed by atoms with Crippen molar-refractivity contribution in [2.45, 2.75) is 97.8 Å². The first-order chi connectivity index (χ1) is 12.0. The minimum Gasteiger partial charge on any atom is -0.507 e. The second kappa shape index (κ2) is 9.82. The Bertz CT molecular complexity index is 556. The molecule has 0 aliphatic rings. The SMILES string of the molecule is CCCCCC(=O)SCCCc1cc(C(C)(C)C)c(O)c(C(C)(C)C)c1. The fourth-order valence-corrected chi connectivity index (χ4v) is 3.84. The maximum absolute atomic E-state index is 11.9. The fourth-order valence-electron chi connectivity index (χ4n) is 3.04. The molecule has 0 radical (unpaired) electrons. The maximum atomic E-state index is 11.9. The van der Waals surface area contributed by atoms with Crippen LogP contribution in [0.25, 0.3) is 0 Å². The first kappa shape index (κ1) is 23.1. The minimum atomic E-state index is -0.0932. The van der Waals surface area contributed by atoms with Gasteiger partial charge in [0, 0.05) is 12.2 Å². The fraction of sp³-hybridized carbons (Fsp3) is 0.696. The quantitative estimate of drug-likeness (QED) is 0.508. The third kappa shape index (κ3) is 7.34. The number of rotatable bonds is 8. The van der Waals surface area contributed by atoms with Crippen molar-refractivity contribution in [3.8, 4) is 5.75 Å².